The third-order valence-corrected chi connectivity index (χ3v) is 12.7. The molecule has 368 valence electrons. The van der Waals surface area contributed by atoms with E-state index < -0.39 is 13.9 Å². The lowest BCUT2D eigenvalue weighted by Gasteiger charge is -2.24. The first-order valence-electron chi connectivity index (χ1n) is 26.6. The summed E-state index contributed by atoms with van der Waals surface area (Å²) in [5.74, 6) is -0.313. The van der Waals surface area contributed by atoms with Crippen LogP contribution in [-0.4, -0.2) is 75.6 Å². The molecule has 0 fully saturated rings. The van der Waals surface area contributed by atoms with Crippen LogP contribution in [0.3, 0.4) is 0 Å². The Bertz CT molecular complexity index is 1050. The van der Waals surface area contributed by atoms with Crippen LogP contribution in [0.5, 0.6) is 0 Å². The van der Waals surface area contributed by atoms with E-state index in [-0.39, 0.29) is 25.8 Å². The van der Waals surface area contributed by atoms with Crippen molar-refractivity contribution in [3.8, 4) is 0 Å². The molecule has 0 aromatic heterocycles. The van der Waals surface area contributed by atoms with E-state index in [1.807, 2.05) is 21.1 Å². The zero-order valence-electron chi connectivity index (χ0n) is 41.9. The fraction of sp³-hybridized carbons (Fsp3) is 0.906. The van der Waals surface area contributed by atoms with Crippen molar-refractivity contribution in [2.75, 3.05) is 54.1 Å². The van der Waals surface area contributed by atoms with E-state index in [2.05, 4.69) is 38.2 Å². The second-order valence-corrected chi connectivity index (χ2v) is 20.7. The molecule has 8 nitrogen and oxygen atoms in total. The number of nitrogens with zero attached hydrogens (tertiary/aromatic N) is 1. The van der Waals surface area contributed by atoms with Crippen molar-refractivity contribution in [1.29, 1.82) is 0 Å². The lowest BCUT2D eigenvalue weighted by molar-refractivity contribution is -0.870. The maximum atomic E-state index is 12.8. The van der Waals surface area contributed by atoms with Gasteiger partial charge in [-0.1, -0.05) is 224 Å². The zero-order valence-corrected chi connectivity index (χ0v) is 42.8. The highest BCUT2D eigenvalue weighted by Crippen LogP contribution is 2.43. The van der Waals surface area contributed by atoms with Gasteiger partial charge in [0.1, 0.15) is 19.3 Å². The topological polar surface area (TPSA) is 91.3 Å². The summed E-state index contributed by atoms with van der Waals surface area (Å²) in [4.78, 5) is 23.0. The van der Waals surface area contributed by atoms with Crippen molar-refractivity contribution >= 4 is 13.8 Å². The summed E-state index contributed by atoms with van der Waals surface area (Å²) >= 11 is 0. The molecule has 0 rings (SSSR count). The van der Waals surface area contributed by atoms with E-state index in [4.69, 9.17) is 18.5 Å². The van der Waals surface area contributed by atoms with Crippen LogP contribution in [0.25, 0.3) is 0 Å². The van der Waals surface area contributed by atoms with Crippen molar-refractivity contribution in [3.63, 3.8) is 0 Å². The number of carbonyl (C=O) groups excluding carboxylic acids is 1. The van der Waals surface area contributed by atoms with E-state index in [1.165, 1.54) is 193 Å². The summed E-state index contributed by atoms with van der Waals surface area (Å²) in [6.07, 6.45) is 55.1. The zero-order chi connectivity index (χ0) is 45.5. The fourth-order valence-electron chi connectivity index (χ4n) is 7.64. The van der Waals surface area contributed by atoms with Gasteiger partial charge in [-0.05, 0) is 44.9 Å². The van der Waals surface area contributed by atoms with Crippen LogP contribution in [0, 0.1) is 0 Å². The predicted octanol–water partition coefficient (Wildman–Crippen LogP) is 16.3. The van der Waals surface area contributed by atoms with Gasteiger partial charge in [-0.25, -0.2) is 4.57 Å². The van der Waals surface area contributed by atoms with Crippen LogP contribution in [-0.2, 0) is 27.9 Å². The molecule has 0 radical (unpaired) electrons. The number of hydrogen-bond acceptors (Lipinski definition) is 6. The lowest BCUT2D eigenvalue weighted by Crippen LogP contribution is -2.37. The normalized spacial score (nSPS) is 13.7. The van der Waals surface area contributed by atoms with Crippen molar-refractivity contribution in [2.24, 2.45) is 0 Å². The van der Waals surface area contributed by atoms with E-state index in [9.17, 15) is 14.3 Å². The molecule has 2 unspecified atom stereocenters. The average molecular weight is 899 g/mol. The minimum atomic E-state index is -4.28. The van der Waals surface area contributed by atoms with E-state index >= 15 is 0 Å². The van der Waals surface area contributed by atoms with Crippen LogP contribution in [0.1, 0.15) is 251 Å². The van der Waals surface area contributed by atoms with Gasteiger partial charge in [0.15, 0.2) is 0 Å². The number of rotatable bonds is 50. The Kier molecular flexibility index (Phi) is 45.7. The van der Waals surface area contributed by atoms with Gasteiger partial charge in [0.2, 0.25) is 0 Å². The number of likely N-dealkylation sites (N-methyl/N-ethyl adjacent to an activating group) is 1. The molecule has 62 heavy (non-hydrogen) atoms. The number of phosphoric acid groups is 1. The summed E-state index contributed by atoms with van der Waals surface area (Å²) in [5, 5.41) is 0. The Hall–Kier alpha value is -1.02. The molecule has 0 bridgehead atoms. The SMILES string of the molecule is CCCCCCC/C=C\C/C=C\CCCCCCCCCCCC(=O)OC(COCCCCCCCCCCCCCCCCCCCCC)COP(=O)(O)OCC[N+](C)(C)C. The van der Waals surface area contributed by atoms with Crippen LogP contribution in [0.2, 0.25) is 0 Å². The Labute approximate surface area is 385 Å². The molecule has 0 aromatic carbocycles. The summed E-state index contributed by atoms with van der Waals surface area (Å²) in [6.45, 7) is 5.67. The number of hydrogen-bond donors (Lipinski definition) is 1. The highest BCUT2D eigenvalue weighted by atomic mass is 31.2. The molecular formula is C53H105NO7P+. The largest absolute Gasteiger partial charge is 0.472 e. The minimum absolute atomic E-state index is 0.0902. The van der Waals surface area contributed by atoms with Gasteiger partial charge in [0.05, 0.1) is 34.4 Å². The second kappa shape index (κ2) is 46.5. The molecule has 2 atom stereocenters. The molecule has 9 heteroatoms. The minimum Gasteiger partial charge on any atom is -0.457 e. The number of allylic oxidation sites excluding steroid dienone is 4. The van der Waals surface area contributed by atoms with Crippen LogP contribution in [0.15, 0.2) is 24.3 Å². The van der Waals surface area contributed by atoms with Crippen LogP contribution in [0.4, 0.5) is 0 Å². The molecule has 0 amide bonds. The summed E-state index contributed by atoms with van der Waals surface area (Å²) in [6, 6.07) is 0. The number of carbonyl (C=O) groups is 1. The standard InChI is InChI=1S/C53H104NO7P/c1-6-8-10-12-14-16-18-20-22-24-26-27-28-30-32-34-36-38-40-42-44-46-53(55)61-52(51-60-62(56,57)59-49-47-54(3,4)5)50-58-48-45-43-41-39-37-35-33-31-29-25-23-21-19-17-15-13-11-9-7-2/h18,20,24,26,52H,6-17,19,21-23,25,27-51H2,1-5H3/p+1/b20-18-,26-24-. The molecule has 0 aromatic rings. The summed E-state index contributed by atoms with van der Waals surface area (Å²) in [5.41, 5.74) is 0. The lowest BCUT2D eigenvalue weighted by atomic mass is 10.0. The van der Waals surface area contributed by atoms with Gasteiger partial charge in [-0.2, -0.15) is 0 Å². The van der Waals surface area contributed by atoms with E-state index in [0.717, 1.165) is 38.5 Å². The smallest absolute Gasteiger partial charge is 0.457 e. The van der Waals surface area contributed by atoms with E-state index in [1.54, 1.807) is 0 Å². The molecule has 0 saturated heterocycles. The summed E-state index contributed by atoms with van der Waals surface area (Å²) < 4.78 is 35.2. The Morgan fingerprint density at radius 2 is 0.887 bits per heavy atom. The maximum absolute atomic E-state index is 12.8. The molecule has 0 heterocycles. The molecule has 0 aliphatic carbocycles. The Morgan fingerprint density at radius 3 is 1.31 bits per heavy atom. The number of ether oxygens (including phenoxy) is 2. The molecular weight excluding hydrogens is 794 g/mol. The highest BCUT2D eigenvalue weighted by Gasteiger charge is 2.26. The third kappa shape index (κ3) is 50.0. The molecule has 0 spiro atoms. The monoisotopic (exact) mass is 899 g/mol. The van der Waals surface area contributed by atoms with E-state index in [0.29, 0.717) is 24.1 Å². The number of quaternary nitrogens is 1. The van der Waals surface area contributed by atoms with Crippen LogP contribution >= 0.6 is 7.82 Å². The first-order chi connectivity index (χ1) is 30.1. The van der Waals surface area contributed by atoms with Crippen molar-refractivity contribution in [1.82, 2.24) is 0 Å². The fourth-order valence-corrected chi connectivity index (χ4v) is 8.39. The summed E-state index contributed by atoms with van der Waals surface area (Å²) in [7, 11) is 1.68. The van der Waals surface area contributed by atoms with Crippen molar-refractivity contribution in [2.45, 2.75) is 258 Å². The van der Waals surface area contributed by atoms with Crippen LogP contribution < -0.4 is 0 Å². The number of phosphoric ester groups is 1. The highest BCUT2D eigenvalue weighted by molar-refractivity contribution is 7.47. The molecule has 0 aliphatic heterocycles. The quantitative estimate of drug-likeness (QED) is 0.0214. The molecule has 0 aliphatic rings. The van der Waals surface area contributed by atoms with Gasteiger partial charge >= 0.3 is 13.8 Å². The van der Waals surface area contributed by atoms with Gasteiger partial charge in [-0.3, -0.25) is 13.8 Å². The van der Waals surface area contributed by atoms with Crippen molar-refractivity contribution in [3.05, 3.63) is 24.3 Å². The van der Waals surface area contributed by atoms with Gasteiger partial charge in [0, 0.05) is 13.0 Å². The Balaban J connectivity index is 4.11. The number of unbranched alkanes of at least 4 members (excludes halogenated alkanes) is 32. The van der Waals surface area contributed by atoms with Gasteiger partial charge in [-0.15, -0.1) is 0 Å². The molecule has 0 saturated carbocycles. The second-order valence-electron chi connectivity index (χ2n) is 19.3. The van der Waals surface area contributed by atoms with Gasteiger partial charge in [0.25, 0.3) is 0 Å². The predicted molar refractivity (Wildman–Crippen MR) is 266 cm³/mol. The van der Waals surface area contributed by atoms with Crippen molar-refractivity contribution < 1.29 is 37.3 Å². The molecule has 1 N–H and O–H groups in total. The Morgan fingerprint density at radius 1 is 0.500 bits per heavy atom. The third-order valence-electron chi connectivity index (χ3n) is 11.8. The van der Waals surface area contributed by atoms with Gasteiger partial charge < -0.3 is 18.9 Å². The first-order valence-corrected chi connectivity index (χ1v) is 28.1. The first kappa shape index (κ1) is 61.0. The average Bonchev–Trinajstić information content (AvgIpc) is 3.23. The maximum Gasteiger partial charge on any atom is 0.472 e. The number of esters is 1.